The third kappa shape index (κ3) is 6.81. The average molecular weight is 387 g/mol. The Hall–Kier alpha value is -3.60. The fourth-order valence-corrected chi connectivity index (χ4v) is 2.94. The number of benzene rings is 3. The van der Waals surface area contributed by atoms with E-state index in [0.29, 0.717) is 18.5 Å². The Kier molecular flexibility index (Phi) is 7.00. The second-order valence-corrected chi connectivity index (χ2v) is 6.89. The van der Waals surface area contributed by atoms with Crippen LogP contribution in [0.2, 0.25) is 0 Å². The SMILES string of the molecule is Cc1cccc(NC(=O)CNc2cccc(NC(=O)CCc3ccccc3)c2)c1. The molecule has 5 nitrogen and oxygen atoms in total. The summed E-state index contributed by atoms with van der Waals surface area (Å²) < 4.78 is 0. The van der Waals surface area contributed by atoms with Gasteiger partial charge < -0.3 is 16.0 Å². The van der Waals surface area contributed by atoms with Crippen molar-refractivity contribution in [2.75, 3.05) is 22.5 Å². The molecule has 0 aliphatic heterocycles. The van der Waals surface area contributed by atoms with Crippen LogP contribution in [0.4, 0.5) is 17.1 Å². The molecule has 2 amide bonds. The van der Waals surface area contributed by atoms with Gasteiger partial charge in [0, 0.05) is 23.5 Å². The molecule has 0 saturated carbocycles. The Bertz CT molecular complexity index is 971. The summed E-state index contributed by atoms with van der Waals surface area (Å²) in [6, 6.07) is 24.9. The maximum absolute atomic E-state index is 12.2. The van der Waals surface area contributed by atoms with Crippen molar-refractivity contribution in [1.82, 2.24) is 0 Å². The summed E-state index contributed by atoms with van der Waals surface area (Å²) in [5, 5.41) is 8.86. The van der Waals surface area contributed by atoms with Gasteiger partial charge in [-0.25, -0.2) is 0 Å². The molecular formula is C24H25N3O2. The predicted molar refractivity (Wildman–Crippen MR) is 118 cm³/mol. The standard InChI is InChI=1S/C24H25N3O2/c1-18-7-5-11-21(15-18)27-24(29)17-25-20-10-6-12-22(16-20)26-23(28)14-13-19-8-3-2-4-9-19/h2-12,15-16,25H,13-14,17H2,1H3,(H,26,28)(H,27,29). The van der Waals surface area contributed by atoms with Crippen molar-refractivity contribution in [1.29, 1.82) is 0 Å². The van der Waals surface area contributed by atoms with E-state index >= 15 is 0 Å². The smallest absolute Gasteiger partial charge is 0.243 e. The Morgan fingerprint density at radius 3 is 2.14 bits per heavy atom. The molecule has 0 aliphatic rings. The van der Waals surface area contributed by atoms with E-state index in [1.807, 2.05) is 85.8 Å². The Morgan fingerprint density at radius 2 is 1.38 bits per heavy atom. The van der Waals surface area contributed by atoms with E-state index in [0.717, 1.165) is 22.5 Å². The van der Waals surface area contributed by atoms with Gasteiger partial charge >= 0.3 is 0 Å². The fraction of sp³-hybridized carbons (Fsp3) is 0.167. The molecule has 0 unspecified atom stereocenters. The Labute approximate surface area is 171 Å². The van der Waals surface area contributed by atoms with E-state index in [1.165, 1.54) is 0 Å². The van der Waals surface area contributed by atoms with Crippen LogP contribution >= 0.6 is 0 Å². The fourth-order valence-electron chi connectivity index (χ4n) is 2.94. The molecule has 148 valence electrons. The molecule has 0 heterocycles. The molecule has 0 saturated heterocycles. The molecule has 0 bridgehead atoms. The number of aryl methyl sites for hydroxylation is 2. The lowest BCUT2D eigenvalue weighted by Crippen LogP contribution is -2.21. The highest BCUT2D eigenvalue weighted by Crippen LogP contribution is 2.16. The van der Waals surface area contributed by atoms with E-state index in [9.17, 15) is 9.59 Å². The second-order valence-electron chi connectivity index (χ2n) is 6.89. The van der Waals surface area contributed by atoms with Gasteiger partial charge in [-0.15, -0.1) is 0 Å². The second kappa shape index (κ2) is 10.1. The number of carbonyl (C=O) groups is 2. The van der Waals surface area contributed by atoms with Crippen molar-refractivity contribution < 1.29 is 9.59 Å². The lowest BCUT2D eigenvalue weighted by atomic mass is 10.1. The average Bonchev–Trinajstić information content (AvgIpc) is 2.72. The molecule has 0 spiro atoms. The summed E-state index contributed by atoms with van der Waals surface area (Å²) >= 11 is 0. The zero-order valence-corrected chi connectivity index (χ0v) is 16.4. The van der Waals surface area contributed by atoms with E-state index in [2.05, 4.69) is 16.0 Å². The van der Waals surface area contributed by atoms with Crippen LogP contribution in [0.5, 0.6) is 0 Å². The van der Waals surface area contributed by atoms with Gasteiger partial charge in [0.15, 0.2) is 0 Å². The molecule has 0 aromatic heterocycles. The van der Waals surface area contributed by atoms with E-state index < -0.39 is 0 Å². The molecule has 0 atom stereocenters. The first-order chi connectivity index (χ1) is 14.1. The molecular weight excluding hydrogens is 362 g/mol. The van der Waals surface area contributed by atoms with Gasteiger partial charge in [-0.2, -0.15) is 0 Å². The molecule has 3 aromatic rings. The summed E-state index contributed by atoms with van der Waals surface area (Å²) in [6.07, 6.45) is 1.12. The normalized spacial score (nSPS) is 10.2. The molecule has 0 aliphatic carbocycles. The van der Waals surface area contributed by atoms with Crippen molar-refractivity contribution in [2.45, 2.75) is 19.8 Å². The number of nitrogens with one attached hydrogen (secondary N) is 3. The summed E-state index contributed by atoms with van der Waals surface area (Å²) in [4.78, 5) is 24.3. The highest BCUT2D eigenvalue weighted by molar-refractivity contribution is 5.94. The highest BCUT2D eigenvalue weighted by atomic mass is 16.2. The van der Waals surface area contributed by atoms with Gasteiger partial charge in [-0.3, -0.25) is 9.59 Å². The number of anilines is 3. The maximum Gasteiger partial charge on any atom is 0.243 e. The number of amides is 2. The summed E-state index contributed by atoms with van der Waals surface area (Å²) in [5.41, 5.74) is 4.47. The number of rotatable bonds is 8. The zero-order valence-electron chi connectivity index (χ0n) is 16.4. The summed E-state index contributed by atoms with van der Waals surface area (Å²) in [5.74, 6) is -0.170. The number of hydrogen-bond donors (Lipinski definition) is 3. The van der Waals surface area contributed by atoms with Crippen molar-refractivity contribution in [2.24, 2.45) is 0 Å². The van der Waals surface area contributed by atoms with Gasteiger partial charge in [0.2, 0.25) is 11.8 Å². The molecule has 29 heavy (non-hydrogen) atoms. The molecule has 3 N–H and O–H groups in total. The first-order valence-corrected chi connectivity index (χ1v) is 9.63. The first kappa shape index (κ1) is 20.1. The monoisotopic (exact) mass is 387 g/mol. The topological polar surface area (TPSA) is 70.2 Å². The van der Waals surface area contributed by atoms with Crippen LogP contribution in [0.3, 0.4) is 0 Å². The molecule has 0 radical (unpaired) electrons. The quantitative estimate of drug-likeness (QED) is 0.528. The Balaban J connectivity index is 1.47. The number of hydrogen-bond acceptors (Lipinski definition) is 3. The van der Waals surface area contributed by atoms with Crippen LogP contribution in [0.15, 0.2) is 78.9 Å². The van der Waals surface area contributed by atoms with Crippen molar-refractivity contribution in [3.05, 3.63) is 90.0 Å². The van der Waals surface area contributed by atoms with Crippen LogP contribution in [-0.2, 0) is 16.0 Å². The van der Waals surface area contributed by atoms with Gasteiger partial charge in [0.25, 0.3) is 0 Å². The van der Waals surface area contributed by atoms with Crippen LogP contribution in [0.25, 0.3) is 0 Å². The van der Waals surface area contributed by atoms with Crippen molar-refractivity contribution in [3.63, 3.8) is 0 Å². The van der Waals surface area contributed by atoms with E-state index in [1.54, 1.807) is 0 Å². The molecule has 3 rings (SSSR count). The van der Waals surface area contributed by atoms with E-state index in [4.69, 9.17) is 0 Å². The van der Waals surface area contributed by atoms with Crippen LogP contribution in [0, 0.1) is 6.92 Å². The lowest BCUT2D eigenvalue weighted by molar-refractivity contribution is -0.116. The van der Waals surface area contributed by atoms with Gasteiger partial charge in [-0.05, 0) is 54.8 Å². The van der Waals surface area contributed by atoms with Crippen molar-refractivity contribution >= 4 is 28.9 Å². The maximum atomic E-state index is 12.2. The molecule has 3 aromatic carbocycles. The molecule has 0 fully saturated rings. The predicted octanol–water partition coefficient (Wildman–Crippen LogP) is 4.62. The highest BCUT2D eigenvalue weighted by Gasteiger charge is 2.06. The lowest BCUT2D eigenvalue weighted by Gasteiger charge is -2.10. The third-order valence-corrected chi connectivity index (χ3v) is 4.38. The molecule has 5 heteroatoms. The minimum atomic E-state index is -0.132. The summed E-state index contributed by atoms with van der Waals surface area (Å²) in [6.45, 7) is 2.12. The van der Waals surface area contributed by atoms with Crippen LogP contribution < -0.4 is 16.0 Å². The van der Waals surface area contributed by atoms with Gasteiger partial charge in [0.05, 0.1) is 6.54 Å². The third-order valence-electron chi connectivity index (χ3n) is 4.38. The van der Waals surface area contributed by atoms with Crippen LogP contribution in [-0.4, -0.2) is 18.4 Å². The minimum Gasteiger partial charge on any atom is -0.376 e. The first-order valence-electron chi connectivity index (χ1n) is 9.63. The van der Waals surface area contributed by atoms with Gasteiger partial charge in [-0.1, -0.05) is 48.5 Å². The van der Waals surface area contributed by atoms with Gasteiger partial charge in [0.1, 0.15) is 0 Å². The summed E-state index contributed by atoms with van der Waals surface area (Å²) in [7, 11) is 0. The zero-order chi connectivity index (χ0) is 20.5. The van der Waals surface area contributed by atoms with E-state index in [-0.39, 0.29) is 18.4 Å². The van der Waals surface area contributed by atoms with Crippen LogP contribution in [0.1, 0.15) is 17.5 Å². The largest absolute Gasteiger partial charge is 0.376 e. The number of carbonyl (C=O) groups excluding carboxylic acids is 2. The Morgan fingerprint density at radius 1 is 0.724 bits per heavy atom. The van der Waals surface area contributed by atoms with Crippen molar-refractivity contribution in [3.8, 4) is 0 Å². The minimum absolute atomic E-state index is 0.0387.